The topological polar surface area (TPSA) is 52.7 Å². The van der Waals surface area contributed by atoms with Crippen molar-refractivity contribution in [2.75, 3.05) is 32.5 Å². The summed E-state index contributed by atoms with van der Waals surface area (Å²) in [6.45, 7) is 3.70. The number of hydrogen-bond donors (Lipinski definition) is 1. The molecule has 130 valence electrons. The van der Waals surface area contributed by atoms with E-state index < -0.39 is 0 Å². The van der Waals surface area contributed by atoms with Gasteiger partial charge in [0, 0.05) is 36.3 Å². The Morgan fingerprint density at radius 1 is 1.12 bits per heavy atom. The molecule has 0 bridgehead atoms. The van der Waals surface area contributed by atoms with E-state index in [1.165, 1.54) is 0 Å². The monoisotopic (exact) mass is 329 g/mol. The van der Waals surface area contributed by atoms with Gasteiger partial charge < -0.3 is 15.1 Å². The SMILES string of the molecule is CC1CC1C(=O)Nc1ccc(C(=O)N2CCC(N(C)C)CC2)cc1. The third kappa shape index (κ3) is 3.78. The van der Waals surface area contributed by atoms with Gasteiger partial charge in [-0.2, -0.15) is 0 Å². The molecule has 0 radical (unpaired) electrons. The van der Waals surface area contributed by atoms with Gasteiger partial charge in [-0.1, -0.05) is 6.92 Å². The van der Waals surface area contributed by atoms with Crippen LogP contribution in [-0.2, 0) is 4.79 Å². The largest absolute Gasteiger partial charge is 0.339 e. The molecule has 1 aliphatic carbocycles. The lowest BCUT2D eigenvalue weighted by atomic mass is 10.0. The number of anilines is 1. The molecule has 1 aromatic carbocycles. The number of likely N-dealkylation sites (tertiary alicyclic amines) is 1. The Balaban J connectivity index is 1.55. The lowest BCUT2D eigenvalue weighted by molar-refractivity contribution is -0.117. The number of benzene rings is 1. The molecule has 2 aliphatic rings. The number of amides is 2. The summed E-state index contributed by atoms with van der Waals surface area (Å²) >= 11 is 0. The summed E-state index contributed by atoms with van der Waals surface area (Å²) in [5.74, 6) is 0.827. The molecule has 0 aromatic heterocycles. The fourth-order valence-corrected chi connectivity index (χ4v) is 3.39. The van der Waals surface area contributed by atoms with E-state index >= 15 is 0 Å². The Morgan fingerprint density at radius 3 is 2.21 bits per heavy atom. The normalized spacial score (nSPS) is 24.1. The molecular weight excluding hydrogens is 302 g/mol. The van der Waals surface area contributed by atoms with Crippen LogP contribution in [0.25, 0.3) is 0 Å². The van der Waals surface area contributed by atoms with Crippen LogP contribution in [0.15, 0.2) is 24.3 Å². The van der Waals surface area contributed by atoms with Crippen molar-refractivity contribution in [3.8, 4) is 0 Å². The van der Waals surface area contributed by atoms with Gasteiger partial charge in [-0.05, 0) is 63.5 Å². The molecule has 1 heterocycles. The minimum Gasteiger partial charge on any atom is -0.339 e. The smallest absolute Gasteiger partial charge is 0.253 e. The molecule has 1 aromatic rings. The first kappa shape index (κ1) is 17.0. The minimum absolute atomic E-state index is 0.0842. The number of nitrogens with zero attached hydrogens (tertiary/aromatic N) is 2. The Hall–Kier alpha value is -1.88. The predicted octanol–water partition coefficient (Wildman–Crippen LogP) is 2.45. The highest BCUT2D eigenvalue weighted by molar-refractivity contribution is 5.97. The van der Waals surface area contributed by atoms with Crippen LogP contribution in [0.3, 0.4) is 0 Å². The van der Waals surface area contributed by atoms with Gasteiger partial charge >= 0.3 is 0 Å². The van der Waals surface area contributed by atoms with Crippen molar-refractivity contribution in [1.29, 1.82) is 0 Å². The number of nitrogens with one attached hydrogen (secondary N) is 1. The predicted molar refractivity (Wildman–Crippen MR) is 95.0 cm³/mol. The van der Waals surface area contributed by atoms with E-state index in [2.05, 4.69) is 31.2 Å². The van der Waals surface area contributed by atoms with E-state index in [-0.39, 0.29) is 17.7 Å². The van der Waals surface area contributed by atoms with E-state index in [0.717, 1.165) is 38.0 Å². The molecular formula is C19H27N3O2. The van der Waals surface area contributed by atoms with E-state index in [1.54, 1.807) is 0 Å². The summed E-state index contributed by atoms with van der Waals surface area (Å²) in [5, 5.41) is 2.93. The van der Waals surface area contributed by atoms with Crippen LogP contribution in [0.4, 0.5) is 5.69 Å². The Bertz CT molecular complexity index is 604. The fourth-order valence-electron chi connectivity index (χ4n) is 3.39. The highest BCUT2D eigenvalue weighted by Crippen LogP contribution is 2.38. The van der Waals surface area contributed by atoms with Crippen LogP contribution in [0.1, 0.15) is 36.5 Å². The molecule has 1 saturated heterocycles. The van der Waals surface area contributed by atoms with Crippen LogP contribution < -0.4 is 5.32 Å². The molecule has 2 unspecified atom stereocenters. The van der Waals surface area contributed by atoms with E-state index in [4.69, 9.17) is 0 Å². The standard InChI is InChI=1S/C19H27N3O2/c1-13-12-17(13)18(23)20-15-6-4-14(5-7-15)19(24)22-10-8-16(9-11-22)21(2)3/h4-7,13,16-17H,8-12H2,1-3H3,(H,20,23). The van der Waals surface area contributed by atoms with Gasteiger partial charge in [0.1, 0.15) is 0 Å². The zero-order chi connectivity index (χ0) is 17.3. The highest BCUT2D eigenvalue weighted by atomic mass is 16.2. The molecule has 2 atom stereocenters. The number of hydrogen-bond acceptors (Lipinski definition) is 3. The van der Waals surface area contributed by atoms with Crippen molar-refractivity contribution < 1.29 is 9.59 Å². The van der Waals surface area contributed by atoms with Crippen LogP contribution in [0.2, 0.25) is 0 Å². The maximum atomic E-state index is 12.6. The second-order valence-electron chi connectivity index (χ2n) is 7.37. The van der Waals surface area contributed by atoms with E-state index in [9.17, 15) is 9.59 Å². The third-order valence-electron chi connectivity index (χ3n) is 5.33. The fraction of sp³-hybridized carbons (Fsp3) is 0.579. The molecule has 1 saturated carbocycles. The Kier molecular flexibility index (Phi) is 4.90. The van der Waals surface area contributed by atoms with Crippen molar-refractivity contribution in [3.05, 3.63) is 29.8 Å². The van der Waals surface area contributed by atoms with Gasteiger partial charge in [-0.25, -0.2) is 0 Å². The highest BCUT2D eigenvalue weighted by Gasteiger charge is 2.39. The summed E-state index contributed by atoms with van der Waals surface area (Å²) in [5.41, 5.74) is 1.46. The van der Waals surface area contributed by atoms with Gasteiger partial charge in [0.2, 0.25) is 5.91 Å². The molecule has 24 heavy (non-hydrogen) atoms. The van der Waals surface area contributed by atoms with Crippen LogP contribution in [-0.4, -0.2) is 54.8 Å². The molecule has 0 spiro atoms. The quantitative estimate of drug-likeness (QED) is 0.923. The Morgan fingerprint density at radius 2 is 1.71 bits per heavy atom. The second kappa shape index (κ2) is 6.93. The first-order valence-electron chi connectivity index (χ1n) is 8.82. The van der Waals surface area contributed by atoms with Crippen molar-refractivity contribution in [1.82, 2.24) is 9.80 Å². The summed E-state index contributed by atoms with van der Waals surface area (Å²) in [6, 6.07) is 7.84. The first-order valence-corrected chi connectivity index (χ1v) is 8.82. The molecule has 1 N–H and O–H groups in total. The number of rotatable bonds is 4. The van der Waals surface area contributed by atoms with Crippen molar-refractivity contribution in [2.24, 2.45) is 11.8 Å². The van der Waals surface area contributed by atoms with E-state index in [1.807, 2.05) is 29.2 Å². The minimum atomic E-state index is 0.0842. The second-order valence-corrected chi connectivity index (χ2v) is 7.37. The number of carbonyl (C=O) groups is 2. The average Bonchev–Trinajstić information content (AvgIpc) is 3.32. The Labute approximate surface area is 144 Å². The van der Waals surface area contributed by atoms with E-state index in [0.29, 0.717) is 17.5 Å². The van der Waals surface area contributed by atoms with Crippen molar-refractivity contribution in [3.63, 3.8) is 0 Å². The number of carbonyl (C=O) groups excluding carboxylic acids is 2. The summed E-state index contributed by atoms with van der Waals surface area (Å²) in [4.78, 5) is 28.7. The maximum Gasteiger partial charge on any atom is 0.253 e. The summed E-state index contributed by atoms with van der Waals surface area (Å²) in [7, 11) is 4.19. The molecule has 5 heteroatoms. The lowest BCUT2D eigenvalue weighted by Gasteiger charge is -2.35. The summed E-state index contributed by atoms with van der Waals surface area (Å²) < 4.78 is 0. The molecule has 2 fully saturated rings. The van der Waals surface area contributed by atoms with Gasteiger partial charge in [0.25, 0.3) is 5.91 Å². The molecule has 5 nitrogen and oxygen atoms in total. The van der Waals surface area contributed by atoms with Crippen LogP contribution in [0, 0.1) is 11.8 Å². The molecule has 1 aliphatic heterocycles. The lowest BCUT2D eigenvalue weighted by Crippen LogP contribution is -2.44. The van der Waals surface area contributed by atoms with Crippen LogP contribution in [0.5, 0.6) is 0 Å². The van der Waals surface area contributed by atoms with Crippen LogP contribution >= 0.6 is 0 Å². The van der Waals surface area contributed by atoms with Gasteiger partial charge in [-0.15, -0.1) is 0 Å². The molecule has 2 amide bonds. The molecule has 3 rings (SSSR count). The van der Waals surface area contributed by atoms with Gasteiger partial charge in [-0.3, -0.25) is 9.59 Å². The zero-order valence-electron chi connectivity index (χ0n) is 14.8. The number of piperidine rings is 1. The third-order valence-corrected chi connectivity index (χ3v) is 5.33. The first-order chi connectivity index (χ1) is 11.5. The average molecular weight is 329 g/mol. The van der Waals surface area contributed by atoms with Gasteiger partial charge in [0.15, 0.2) is 0 Å². The maximum absolute atomic E-state index is 12.6. The van der Waals surface area contributed by atoms with Crippen molar-refractivity contribution in [2.45, 2.75) is 32.2 Å². The zero-order valence-corrected chi connectivity index (χ0v) is 14.8. The summed E-state index contributed by atoms with van der Waals surface area (Å²) in [6.07, 6.45) is 3.02. The van der Waals surface area contributed by atoms with Crippen molar-refractivity contribution >= 4 is 17.5 Å². The van der Waals surface area contributed by atoms with Gasteiger partial charge in [0.05, 0.1) is 0 Å².